The Labute approximate surface area is 67.1 Å². The largest absolute Gasteiger partial charge is 7.00 e. The van der Waals surface area contributed by atoms with Crippen LogP contribution in [-0.4, -0.2) is 0 Å². The zero-order chi connectivity index (χ0) is 0. The summed E-state index contributed by atoms with van der Waals surface area (Å²) in [5.41, 5.74) is 0. The van der Waals surface area contributed by atoms with E-state index in [0.29, 0.717) is 0 Å². The summed E-state index contributed by atoms with van der Waals surface area (Å²) in [5, 5.41) is 0. The average molecular weight is 281 g/mol. The summed E-state index contributed by atoms with van der Waals surface area (Å²) in [5.74, 6) is 0. The Hall–Kier alpha value is 1.07. The summed E-state index contributed by atoms with van der Waals surface area (Å²) in [6, 6.07) is 0. The number of hydrogen-bond acceptors (Lipinski definition) is 0. The van der Waals surface area contributed by atoms with E-state index in [0.717, 1.165) is 0 Å². The zero-order valence-electron chi connectivity index (χ0n) is 2.75. The molecular formula is O5RhTc. The molecule has 0 aromatic carbocycles. The molecule has 0 spiro atoms. The molecule has 0 aliphatic heterocycles. The molecular weight excluding hydrogens is 281 g/mol. The van der Waals surface area contributed by atoms with E-state index in [1.807, 2.05) is 0 Å². The molecule has 0 aliphatic rings. The Morgan fingerprint density at radius 3 is 0.429 bits per heavy atom. The van der Waals surface area contributed by atoms with Crippen LogP contribution in [0, 0.1) is 0 Å². The fourth-order valence-corrected chi connectivity index (χ4v) is 0. The van der Waals surface area contributed by atoms with Crippen LogP contribution in [0.2, 0.25) is 0 Å². The van der Waals surface area contributed by atoms with Crippen molar-refractivity contribution in [3.8, 4) is 0 Å². The SMILES string of the molecule is [O-2].[O-2].[O-2].[O-2].[O-2].[Rh+3].[Tc+7]. The van der Waals surface area contributed by atoms with Crippen LogP contribution < -0.4 is 0 Å². The van der Waals surface area contributed by atoms with Gasteiger partial charge in [-0.3, -0.25) is 0 Å². The predicted molar refractivity (Wildman–Crippen MR) is 3.43 cm³/mol. The van der Waals surface area contributed by atoms with E-state index in [1.54, 1.807) is 0 Å². The van der Waals surface area contributed by atoms with Crippen molar-refractivity contribution in [3.05, 3.63) is 0 Å². The van der Waals surface area contributed by atoms with Crippen molar-refractivity contribution in [1.82, 2.24) is 0 Å². The second kappa shape index (κ2) is 227. The van der Waals surface area contributed by atoms with Gasteiger partial charge in [-0.05, 0) is 0 Å². The fraction of sp³-hybridized carbons (Fsp3) is 0. The van der Waals surface area contributed by atoms with Crippen molar-refractivity contribution in [2.75, 3.05) is 0 Å². The van der Waals surface area contributed by atoms with Crippen molar-refractivity contribution in [3.63, 3.8) is 0 Å². The molecule has 0 unspecified atom stereocenters. The molecule has 0 aromatic heterocycles. The third-order valence-electron chi connectivity index (χ3n) is 0. The zero-order valence-corrected chi connectivity index (χ0v) is 6.25. The summed E-state index contributed by atoms with van der Waals surface area (Å²) in [6.45, 7) is 0. The summed E-state index contributed by atoms with van der Waals surface area (Å²) >= 11 is 0. The van der Waals surface area contributed by atoms with Gasteiger partial charge in [0.05, 0.1) is 0 Å². The van der Waals surface area contributed by atoms with Gasteiger partial charge in [0, 0.05) is 0 Å². The van der Waals surface area contributed by atoms with Gasteiger partial charge in [0.1, 0.15) is 0 Å². The van der Waals surface area contributed by atoms with Gasteiger partial charge in [0.2, 0.25) is 0 Å². The first-order valence-electron chi connectivity index (χ1n) is 0. The van der Waals surface area contributed by atoms with Crippen LogP contribution in [-0.2, 0) is 67.0 Å². The summed E-state index contributed by atoms with van der Waals surface area (Å²) < 4.78 is 0. The van der Waals surface area contributed by atoms with E-state index < -0.39 is 0 Å². The van der Waals surface area contributed by atoms with Gasteiger partial charge in [-0.25, -0.2) is 0 Å². The molecule has 5 nitrogen and oxygen atoms in total. The van der Waals surface area contributed by atoms with Gasteiger partial charge in [0.15, 0.2) is 0 Å². The van der Waals surface area contributed by atoms with E-state index in [-0.39, 0.29) is 67.0 Å². The minimum absolute atomic E-state index is 0. The molecule has 7 heteroatoms. The molecule has 0 atom stereocenters. The van der Waals surface area contributed by atoms with Gasteiger partial charge < -0.3 is 27.4 Å². The average Bonchev–Trinajstić information content (AvgIpc) is 0. The maximum absolute atomic E-state index is 0. The monoisotopic (exact) mass is 280 g/mol. The predicted octanol–water partition coefficient (Wildman–Crippen LogP) is -0.599. The summed E-state index contributed by atoms with van der Waals surface area (Å²) in [4.78, 5) is 0. The van der Waals surface area contributed by atoms with Crippen molar-refractivity contribution in [2.24, 2.45) is 0 Å². The van der Waals surface area contributed by atoms with Crippen LogP contribution in [0.15, 0.2) is 0 Å². The van der Waals surface area contributed by atoms with E-state index in [1.165, 1.54) is 0 Å². The summed E-state index contributed by atoms with van der Waals surface area (Å²) in [6.07, 6.45) is 0. The molecule has 0 heterocycles. The first kappa shape index (κ1) is 351. The van der Waals surface area contributed by atoms with Crippen molar-refractivity contribution in [2.45, 2.75) is 0 Å². The second-order valence-electron chi connectivity index (χ2n) is 0. The first-order valence-corrected chi connectivity index (χ1v) is 0. The van der Waals surface area contributed by atoms with E-state index >= 15 is 0 Å². The van der Waals surface area contributed by atoms with Gasteiger partial charge in [-0.15, -0.1) is 0 Å². The van der Waals surface area contributed by atoms with Crippen LogP contribution >= 0.6 is 0 Å². The Morgan fingerprint density at radius 1 is 0.429 bits per heavy atom. The van der Waals surface area contributed by atoms with Crippen LogP contribution in [0.4, 0.5) is 0 Å². The molecule has 0 amide bonds. The topological polar surface area (TPSA) is 142 Å². The van der Waals surface area contributed by atoms with Crippen LogP contribution in [0.5, 0.6) is 0 Å². The normalized spacial score (nSPS) is 0. The molecule has 0 fully saturated rings. The minimum atomic E-state index is 0. The quantitative estimate of drug-likeness (QED) is 0.522. The molecule has 46 valence electrons. The number of hydrogen-bond donors (Lipinski definition) is 0. The molecule has 0 aromatic rings. The maximum atomic E-state index is 0. The fourth-order valence-electron chi connectivity index (χ4n) is 0. The summed E-state index contributed by atoms with van der Waals surface area (Å²) in [7, 11) is 0. The van der Waals surface area contributed by atoms with Crippen molar-refractivity contribution < 1.29 is 67.0 Å². The third kappa shape index (κ3) is 158. The Bertz CT molecular complexity index is 8.04. The molecule has 0 rings (SSSR count). The van der Waals surface area contributed by atoms with Crippen molar-refractivity contribution in [1.29, 1.82) is 0 Å². The smallest absolute Gasteiger partial charge is 2.00 e. The Kier molecular flexibility index (Phi) is 11400. The van der Waals surface area contributed by atoms with Gasteiger partial charge >= 0.3 is 39.6 Å². The standard InChI is InChI=1S/5O.Rh.Tc/q5*-2;+3;+7. The molecule has 7 heavy (non-hydrogen) atoms. The van der Waals surface area contributed by atoms with Gasteiger partial charge in [0.25, 0.3) is 0 Å². The van der Waals surface area contributed by atoms with Crippen LogP contribution in [0.3, 0.4) is 0 Å². The number of rotatable bonds is 0. The maximum Gasteiger partial charge on any atom is 7.00 e. The second-order valence-corrected chi connectivity index (χ2v) is 0. The van der Waals surface area contributed by atoms with Gasteiger partial charge in [-0.1, -0.05) is 0 Å². The molecule has 0 radical (unpaired) electrons. The van der Waals surface area contributed by atoms with Crippen molar-refractivity contribution >= 4 is 0 Å². The minimum Gasteiger partial charge on any atom is -2.00 e. The van der Waals surface area contributed by atoms with Crippen LogP contribution in [0.25, 0.3) is 0 Å². The third-order valence-corrected chi connectivity index (χ3v) is 0. The molecule has 0 aliphatic carbocycles. The Balaban J connectivity index is 0. The molecule has 0 saturated heterocycles. The molecule has 0 bridgehead atoms. The van der Waals surface area contributed by atoms with Crippen LogP contribution in [0.1, 0.15) is 0 Å². The van der Waals surface area contributed by atoms with E-state index in [4.69, 9.17) is 0 Å². The Morgan fingerprint density at radius 2 is 0.429 bits per heavy atom. The van der Waals surface area contributed by atoms with E-state index in [9.17, 15) is 0 Å². The van der Waals surface area contributed by atoms with E-state index in [2.05, 4.69) is 0 Å². The molecule has 0 saturated carbocycles. The molecule has 0 N–H and O–H groups in total. The first-order chi connectivity index (χ1) is 0. The van der Waals surface area contributed by atoms with Gasteiger partial charge in [-0.2, -0.15) is 0 Å².